The minimum absolute atomic E-state index is 0.344. The molecular weight excluding hydrogens is 244 g/mol. The van der Waals surface area contributed by atoms with Crippen molar-refractivity contribution in [3.63, 3.8) is 0 Å². The first kappa shape index (κ1) is 12.8. The smallest absolute Gasteiger partial charge is 0.0380 e. The average Bonchev–Trinajstić information content (AvgIpc) is 3.10. The van der Waals surface area contributed by atoms with Gasteiger partial charge in [-0.2, -0.15) is 0 Å². The molecular formula is C18H26N2. The highest BCUT2D eigenvalue weighted by Gasteiger charge is 2.41. The summed E-state index contributed by atoms with van der Waals surface area (Å²) in [5.74, 6) is 0. The Hall–Kier alpha value is -0.860. The van der Waals surface area contributed by atoms with E-state index < -0.39 is 0 Å². The number of likely N-dealkylation sites (tertiary alicyclic amines) is 1. The molecule has 1 aliphatic heterocycles. The largest absolute Gasteiger partial charge is 0.305 e. The molecule has 2 atom stereocenters. The molecule has 2 fully saturated rings. The molecule has 2 aliphatic carbocycles. The molecule has 1 saturated heterocycles. The Morgan fingerprint density at radius 1 is 1.15 bits per heavy atom. The summed E-state index contributed by atoms with van der Waals surface area (Å²) in [5, 5.41) is 4.00. The second-order valence-electron chi connectivity index (χ2n) is 7.68. The van der Waals surface area contributed by atoms with Gasteiger partial charge in [0.2, 0.25) is 0 Å². The monoisotopic (exact) mass is 270 g/mol. The van der Waals surface area contributed by atoms with Crippen LogP contribution in [0.1, 0.15) is 50.3 Å². The van der Waals surface area contributed by atoms with Gasteiger partial charge in [-0.15, -0.1) is 0 Å². The van der Waals surface area contributed by atoms with Crippen LogP contribution in [0.25, 0.3) is 0 Å². The van der Waals surface area contributed by atoms with Gasteiger partial charge in [0.25, 0.3) is 0 Å². The third-order valence-corrected chi connectivity index (χ3v) is 5.48. The first-order valence-electron chi connectivity index (χ1n) is 8.21. The summed E-state index contributed by atoms with van der Waals surface area (Å²) in [4.78, 5) is 2.70. The maximum absolute atomic E-state index is 4.00. The molecule has 1 heterocycles. The third kappa shape index (κ3) is 2.19. The Balaban J connectivity index is 1.50. The molecule has 0 bridgehead atoms. The number of hydrogen-bond donors (Lipinski definition) is 1. The molecule has 108 valence electrons. The van der Waals surface area contributed by atoms with E-state index in [-0.39, 0.29) is 0 Å². The van der Waals surface area contributed by atoms with E-state index in [4.69, 9.17) is 0 Å². The highest BCUT2D eigenvalue weighted by Crippen LogP contribution is 2.45. The van der Waals surface area contributed by atoms with E-state index in [1.807, 2.05) is 0 Å². The van der Waals surface area contributed by atoms with Gasteiger partial charge in [0.1, 0.15) is 0 Å². The summed E-state index contributed by atoms with van der Waals surface area (Å²) in [5.41, 5.74) is 3.44. The number of nitrogens with zero attached hydrogens (tertiary/aromatic N) is 1. The SMILES string of the molecule is CC1(C)Cc2ccccc2C1NC1CCN(C2CC2)C1. The van der Waals surface area contributed by atoms with Crippen LogP contribution in [-0.2, 0) is 6.42 Å². The summed E-state index contributed by atoms with van der Waals surface area (Å²) in [7, 11) is 0. The number of fused-ring (bicyclic) bond motifs is 1. The van der Waals surface area contributed by atoms with Gasteiger partial charge in [0.15, 0.2) is 0 Å². The molecule has 1 aromatic carbocycles. The van der Waals surface area contributed by atoms with Gasteiger partial charge >= 0.3 is 0 Å². The fraction of sp³-hybridized carbons (Fsp3) is 0.667. The summed E-state index contributed by atoms with van der Waals surface area (Å²) in [6.45, 7) is 7.40. The minimum atomic E-state index is 0.344. The van der Waals surface area contributed by atoms with Gasteiger partial charge in [-0.25, -0.2) is 0 Å². The molecule has 0 spiro atoms. The standard InChI is InChI=1S/C18H26N2/c1-18(2)11-13-5-3-4-6-16(13)17(18)19-14-9-10-20(12-14)15-7-8-15/h3-6,14-15,17,19H,7-12H2,1-2H3. The second-order valence-corrected chi connectivity index (χ2v) is 7.68. The van der Waals surface area contributed by atoms with E-state index >= 15 is 0 Å². The van der Waals surface area contributed by atoms with Gasteiger partial charge in [-0.1, -0.05) is 38.1 Å². The van der Waals surface area contributed by atoms with E-state index in [0.717, 1.165) is 6.04 Å². The zero-order chi connectivity index (χ0) is 13.7. The Morgan fingerprint density at radius 3 is 2.75 bits per heavy atom. The summed E-state index contributed by atoms with van der Waals surface area (Å²) >= 11 is 0. The lowest BCUT2D eigenvalue weighted by Gasteiger charge is -2.31. The van der Waals surface area contributed by atoms with Crippen LogP contribution in [0.4, 0.5) is 0 Å². The zero-order valence-corrected chi connectivity index (χ0v) is 12.7. The summed E-state index contributed by atoms with van der Waals surface area (Å²) < 4.78 is 0. The van der Waals surface area contributed by atoms with Crippen LogP contribution in [0.3, 0.4) is 0 Å². The molecule has 20 heavy (non-hydrogen) atoms. The molecule has 1 N–H and O–H groups in total. The maximum atomic E-state index is 4.00. The highest BCUT2D eigenvalue weighted by atomic mass is 15.2. The van der Waals surface area contributed by atoms with E-state index in [9.17, 15) is 0 Å². The molecule has 3 aliphatic rings. The van der Waals surface area contributed by atoms with Crippen LogP contribution in [0.2, 0.25) is 0 Å². The van der Waals surface area contributed by atoms with Gasteiger partial charge < -0.3 is 5.32 Å². The summed E-state index contributed by atoms with van der Waals surface area (Å²) in [6.07, 6.45) is 5.40. The van der Waals surface area contributed by atoms with Crippen LogP contribution in [0, 0.1) is 5.41 Å². The van der Waals surface area contributed by atoms with Gasteiger partial charge in [-0.3, -0.25) is 4.90 Å². The molecule has 2 unspecified atom stereocenters. The molecule has 4 rings (SSSR count). The number of hydrogen-bond acceptors (Lipinski definition) is 2. The van der Waals surface area contributed by atoms with Crippen LogP contribution in [0.5, 0.6) is 0 Å². The van der Waals surface area contributed by atoms with Gasteiger partial charge in [-0.05, 0) is 42.2 Å². The fourth-order valence-corrected chi connectivity index (χ4v) is 4.24. The molecule has 2 heteroatoms. The van der Waals surface area contributed by atoms with Gasteiger partial charge in [0.05, 0.1) is 0 Å². The lowest BCUT2D eigenvalue weighted by atomic mass is 9.85. The summed E-state index contributed by atoms with van der Waals surface area (Å²) in [6, 6.07) is 11.2. The van der Waals surface area contributed by atoms with Crippen molar-refractivity contribution < 1.29 is 0 Å². The van der Waals surface area contributed by atoms with Gasteiger partial charge in [0, 0.05) is 31.2 Å². The first-order valence-corrected chi connectivity index (χ1v) is 8.21. The Labute approximate surface area is 122 Å². The normalized spacial score (nSPS) is 32.5. The third-order valence-electron chi connectivity index (χ3n) is 5.48. The Morgan fingerprint density at radius 2 is 1.95 bits per heavy atom. The molecule has 0 amide bonds. The Bertz CT molecular complexity index is 504. The Kier molecular flexibility index (Phi) is 2.94. The van der Waals surface area contributed by atoms with E-state index in [1.165, 1.54) is 38.8 Å². The second kappa shape index (κ2) is 4.57. The highest BCUT2D eigenvalue weighted by molar-refractivity contribution is 5.37. The molecule has 1 aromatic rings. The van der Waals surface area contributed by atoms with Crippen molar-refractivity contribution in [2.75, 3.05) is 13.1 Å². The lowest BCUT2D eigenvalue weighted by Crippen LogP contribution is -2.40. The van der Waals surface area contributed by atoms with Crippen molar-refractivity contribution in [2.24, 2.45) is 5.41 Å². The number of benzene rings is 1. The van der Waals surface area contributed by atoms with Crippen LogP contribution in [-0.4, -0.2) is 30.1 Å². The van der Waals surface area contributed by atoms with E-state index in [2.05, 4.69) is 48.3 Å². The molecule has 0 aromatic heterocycles. The lowest BCUT2D eigenvalue weighted by molar-refractivity contribution is 0.241. The van der Waals surface area contributed by atoms with Crippen LogP contribution < -0.4 is 5.32 Å². The maximum Gasteiger partial charge on any atom is 0.0380 e. The van der Waals surface area contributed by atoms with Crippen LogP contribution >= 0.6 is 0 Å². The van der Waals surface area contributed by atoms with Crippen molar-refractivity contribution in [1.82, 2.24) is 10.2 Å². The molecule has 2 nitrogen and oxygen atoms in total. The van der Waals surface area contributed by atoms with Crippen molar-refractivity contribution in [2.45, 2.75) is 57.7 Å². The molecule has 0 radical (unpaired) electrons. The number of rotatable bonds is 3. The predicted octanol–water partition coefficient (Wildman–Crippen LogP) is 3.14. The predicted molar refractivity (Wildman–Crippen MR) is 82.8 cm³/mol. The van der Waals surface area contributed by atoms with E-state index in [1.54, 1.807) is 11.1 Å². The van der Waals surface area contributed by atoms with Crippen LogP contribution in [0.15, 0.2) is 24.3 Å². The van der Waals surface area contributed by atoms with Crippen molar-refractivity contribution in [3.8, 4) is 0 Å². The first-order chi connectivity index (χ1) is 9.63. The quantitative estimate of drug-likeness (QED) is 0.908. The van der Waals surface area contributed by atoms with Crippen molar-refractivity contribution in [1.29, 1.82) is 0 Å². The number of nitrogens with one attached hydrogen (secondary N) is 1. The van der Waals surface area contributed by atoms with Crippen molar-refractivity contribution in [3.05, 3.63) is 35.4 Å². The average molecular weight is 270 g/mol. The fourth-order valence-electron chi connectivity index (χ4n) is 4.24. The zero-order valence-electron chi connectivity index (χ0n) is 12.7. The topological polar surface area (TPSA) is 15.3 Å². The van der Waals surface area contributed by atoms with E-state index in [0.29, 0.717) is 17.5 Å². The minimum Gasteiger partial charge on any atom is -0.305 e. The van der Waals surface area contributed by atoms with Crippen molar-refractivity contribution >= 4 is 0 Å². The molecule has 1 saturated carbocycles.